The van der Waals surface area contributed by atoms with Crippen molar-refractivity contribution in [3.05, 3.63) is 41.5 Å². The zero-order chi connectivity index (χ0) is 17.7. The largest absolute Gasteiger partial charge is 0.487 e. The highest BCUT2D eigenvalue weighted by molar-refractivity contribution is 5.80. The number of hydrogen-bond donors (Lipinski definition) is 2. The van der Waals surface area contributed by atoms with Crippen LogP contribution in [0.25, 0.3) is 0 Å². The van der Waals surface area contributed by atoms with Gasteiger partial charge in [-0.3, -0.25) is 4.99 Å². The average molecular weight is 343 g/mol. The Balaban J connectivity index is 1.60. The van der Waals surface area contributed by atoms with E-state index in [0.717, 1.165) is 50.7 Å². The summed E-state index contributed by atoms with van der Waals surface area (Å²) in [5, 5.41) is 7.01. The first kappa shape index (κ1) is 17.8. The molecule has 0 fully saturated rings. The molecule has 1 aromatic carbocycles. The van der Waals surface area contributed by atoms with E-state index < -0.39 is 0 Å². The molecule has 0 saturated carbocycles. The van der Waals surface area contributed by atoms with E-state index in [1.165, 1.54) is 11.1 Å². The third-order valence-electron chi connectivity index (χ3n) is 4.71. The highest BCUT2D eigenvalue weighted by atomic mass is 16.5. The second-order valence-corrected chi connectivity index (χ2v) is 7.24. The topological polar surface area (TPSA) is 54.9 Å². The number of para-hydroxylation sites is 1. The molecule has 1 aromatic rings. The maximum Gasteiger partial charge on any atom is 0.191 e. The number of nitrogens with one attached hydrogen (secondary N) is 2. The van der Waals surface area contributed by atoms with Gasteiger partial charge in [-0.1, -0.05) is 29.8 Å². The van der Waals surface area contributed by atoms with Crippen LogP contribution in [0.3, 0.4) is 0 Å². The second-order valence-electron chi connectivity index (χ2n) is 7.24. The summed E-state index contributed by atoms with van der Waals surface area (Å²) in [4.78, 5) is 4.39. The Morgan fingerprint density at radius 3 is 2.92 bits per heavy atom. The maximum absolute atomic E-state index is 6.11. The summed E-state index contributed by atoms with van der Waals surface area (Å²) in [5.41, 5.74) is 2.46. The molecule has 136 valence electrons. The van der Waals surface area contributed by atoms with Crippen LogP contribution in [-0.4, -0.2) is 38.4 Å². The van der Waals surface area contributed by atoms with Gasteiger partial charge in [0.2, 0.25) is 0 Å². The van der Waals surface area contributed by atoms with Gasteiger partial charge in [0.15, 0.2) is 5.96 Å². The SMILES string of the molecule is CN=C(NCCC1=CCOCC1)NC1CC(C)(C)Oc2ccccc21. The Labute approximate surface area is 150 Å². The van der Waals surface area contributed by atoms with E-state index in [-0.39, 0.29) is 11.6 Å². The molecule has 2 aliphatic heterocycles. The van der Waals surface area contributed by atoms with Gasteiger partial charge >= 0.3 is 0 Å². The molecule has 0 bridgehead atoms. The van der Waals surface area contributed by atoms with Crippen molar-refractivity contribution in [1.82, 2.24) is 10.6 Å². The first-order valence-corrected chi connectivity index (χ1v) is 9.08. The predicted octanol–water partition coefficient (Wildman–Crippen LogP) is 3.19. The van der Waals surface area contributed by atoms with E-state index in [1.807, 2.05) is 19.2 Å². The molecule has 0 aromatic heterocycles. The lowest BCUT2D eigenvalue weighted by Gasteiger charge is -2.38. The third-order valence-corrected chi connectivity index (χ3v) is 4.71. The molecule has 3 rings (SSSR count). The van der Waals surface area contributed by atoms with E-state index in [9.17, 15) is 0 Å². The van der Waals surface area contributed by atoms with Crippen molar-refractivity contribution in [2.75, 3.05) is 26.8 Å². The van der Waals surface area contributed by atoms with E-state index >= 15 is 0 Å². The molecule has 1 atom stereocenters. The van der Waals surface area contributed by atoms with Crippen molar-refractivity contribution in [3.63, 3.8) is 0 Å². The van der Waals surface area contributed by atoms with E-state index in [2.05, 4.69) is 47.7 Å². The van der Waals surface area contributed by atoms with Crippen molar-refractivity contribution in [1.29, 1.82) is 0 Å². The van der Waals surface area contributed by atoms with E-state index in [4.69, 9.17) is 9.47 Å². The van der Waals surface area contributed by atoms with Crippen LogP contribution in [0.1, 0.15) is 44.7 Å². The molecule has 25 heavy (non-hydrogen) atoms. The lowest BCUT2D eigenvalue weighted by molar-refractivity contribution is 0.0694. The standard InChI is InChI=1S/C20H29N3O2/c1-20(2)14-17(16-6-4-5-7-18(16)25-20)23-19(21-3)22-11-8-15-9-12-24-13-10-15/h4-7,9,17H,8,10-14H2,1-3H3,(H2,21,22,23). The Morgan fingerprint density at radius 2 is 2.16 bits per heavy atom. The van der Waals surface area contributed by atoms with Crippen LogP contribution in [0.15, 0.2) is 40.9 Å². The van der Waals surface area contributed by atoms with Gasteiger partial charge in [-0.2, -0.15) is 0 Å². The molecule has 1 unspecified atom stereocenters. The summed E-state index contributed by atoms with van der Waals surface area (Å²) < 4.78 is 11.5. The lowest BCUT2D eigenvalue weighted by atomic mass is 9.90. The minimum Gasteiger partial charge on any atom is -0.487 e. The van der Waals surface area contributed by atoms with Crippen molar-refractivity contribution >= 4 is 5.96 Å². The highest BCUT2D eigenvalue weighted by Gasteiger charge is 2.33. The van der Waals surface area contributed by atoms with Crippen LogP contribution in [0.5, 0.6) is 5.75 Å². The molecule has 5 heteroatoms. The first-order chi connectivity index (χ1) is 12.1. The smallest absolute Gasteiger partial charge is 0.191 e. The van der Waals surface area contributed by atoms with Crippen LogP contribution < -0.4 is 15.4 Å². The maximum atomic E-state index is 6.11. The first-order valence-electron chi connectivity index (χ1n) is 9.08. The number of hydrogen-bond acceptors (Lipinski definition) is 3. The number of fused-ring (bicyclic) bond motifs is 1. The summed E-state index contributed by atoms with van der Waals surface area (Å²) in [7, 11) is 1.82. The quantitative estimate of drug-likeness (QED) is 0.501. The van der Waals surface area contributed by atoms with Gasteiger partial charge in [-0.05, 0) is 32.8 Å². The number of nitrogens with zero attached hydrogens (tertiary/aromatic N) is 1. The molecule has 5 nitrogen and oxygen atoms in total. The number of aliphatic imine (C=N–C) groups is 1. The van der Waals surface area contributed by atoms with Crippen LogP contribution >= 0.6 is 0 Å². The molecule has 0 saturated heterocycles. The highest BCUT2D eigenvalue weighted by Crippen LogP contribution is 2.39. The predicted molar refractivity (Wildman–Crippen MR) is 101 cm³/mol. The summed E-state index contributed by atoms with van der Waals surface area (Å²) in [5.74, 6) is 1.80. The summed E-state index contributed by atoms with van der Waals surface area (Å²) >= 11 is 0. The van der Waals surface area contributed by atoms with Crippen molar-refractivity contribution in [2.24, 2.45) is 4.99 Å². The van der Waals surface area contributed by atoms with Gasteiger partial charge in [0.1, 0.15) is 11.4 Å². The fourth-order valence-electron chi connectivity index (χ4n) is 3.42. The minimum absolute atomic E-state index is 0.188. The normalized spacial score (nSPS) is 22.4. The molecular formula is C20H29N3O2. The molecule has 0 spiro atoms. The van der Waals surface area contributed by atoms with Gasteiger partial charge in [0.25, 0.3) is 0 Å². The van der Waals surface area contributed by atoms with Crippen molar-refractivity contribution < 1.29 is 9.47 Å². The number of benzene rings is 1. The van der Waals surface area contributed by atoms with Crippen LogP contribution in [0.2, 0.25) is 0 Å². The Morgan fingerprint density at radius 1 is 1.32 bits per heavy atom. The summed E-state index contributed by atoms with van der Waals surface area (Å²) in [6, 6.07) is 8.43. The fourth-order valence-corrected chi connectivity index (χ4v) is 3.42. The van der Waals surface area contributed by atoms with Crippen molar-refractivity contribution in [3.8, 4) is 5.75 Å². The van der Waals surface area contributed by atoms with Crippen LogP contribution in [0, 0.1) is 0 Å². The van der Waals surface area contributed by atoms with Gasteiger partial charge in [0, 0.05) is 25.6 Å². The summed E-state index contributed by atoms with van der Waals surface area (Å²) in [6.07, 6.45) is 5.15. The number of guanidine groups is 1. The van der Waals surface area contributed by atoms with Crippen molar-refractivity contribution in [2.45, 2.75) is 44.8 Å². The molecular weight excluding hydrogens is 314 g/mol. The Hall–Kier alpha value is -2.01. The van der Waals surface area contributed by atoms with Gasteiger partial charge in [-0.15, -0.1) is 0 Å². The molecule has 2 aliphatic rings. The van der Waals surface area contributed by atoms with Gasteiger partial charge in [-0.25, -0.2) is 0 Å². The molecule has 0 amide bonds. The minimum atomic E-state index is -0.197. The third kappa shape index (κ3) is 4.75. The second kappa shape index (κ2) is 7.91. The monoisotopic (exact) mass is 343 g/mol. The summed E-state index contributed by atoms with van der Waals surface area (Å²) in [6.45, 7) is 6.72. The zero-order valence-electron chi connectivity index (χ0n) is 15.5. The van der Waals surface area contributed by atoms with Gasteiger partial charge < -0.3 is 20.1 Å². The van der Waals surface area contributed by atoms with Crippen LogP contribution in [-0.2, 0) is 4.74 Å². The molecule has 0 radical (unpaired) electrons. The number of rotatable bonds is 4. The molecule has 2 N–H and O–H groups in total. The zero-order valence-corrected chi connectivity index (χ0v) is 15.5. The number of ether oxygens (including phenoxy) is 2. The van der Waals surface area contributed by atoms with Crippen LogP contribution in [0.4, 0.5) is 0 Å². The lowest BCUT2D eigenvalue weighted by Crippen LogP contribution is -2.45. The fraction of sp³-hybridized carbons (Fsp3) is 0.550. The molecule has 2 heterocycles. The Kier molecular flexibility index (Phi) is 5.63. The average Bonchev–Trinajstić information content (AvgIpc) is 2.60. The Bertz CT molecular complexity index is 652. The molecule has 0 aliphatic carbocycles. The van der Waals surface area contributed by atoms with E-state index in [0.29, 0.717) is 0 Å². The van der Waals surface area contributed by atoms with Gasteiger partial charge in [0.05, 0.1) is 19.3 Å². The van der Waals surface area contributed by atoms with E-state index in [1.54, 1.807) is 0 Å².